The minimum atomic E-state index is -0.390. The number of H-pyrrole nitrogens is 1. The molecule has 0 bridgehead atoms. The number of anilines is 1. The van der Waals surface area contributed by atoms with Crippen molar-refractivity contribution in [1.82, 2.24) is 9.97 Å². The van der Waals surface area contributed by atoms with Gasteiger partial charge in [0.15, 0.2) is 5.69 Å². The summed E-state index contributed by atoms with van der Waals surface area (Å²) in [6, 6.07) is 17.2. The van der Waals surface area contributed by atoms with Crippen molar-refractivity contribution in [3.8, 4) is 0 Å². The van der Waals surface area contributed by atoms with E-state index in [1.165, 1.54) is 5.56 Å². The largest absolute Gasteiger partial charge is 0.369 e. The zero-order chi connectivity index (χ0) is 19.1. The van der Waals surface area contributed by atoms with Gasteiger partial charge < -0.3 is 5.73 Å². The highest BCUT2D eigenvalue weighted by Crippen LogP contribution is 2.21. The van der Waals surface area contributed by atoms with E-state index in [1.54, 1.807) is 24.3 Å². The molecule has 0 aliphatic rings. The van der Waals surface area contributed by atoms with Crippen LogP contribution in [0.5, 0.6) is 0 Å². The standard InChI is InChI=1S/C20H20ClN5O/c21-15-10-12-16(13-11-15)25-26-18-17(23-20(22)24-19(18)27)9-5-4-8-14-6-2-1-3-7-14/h1-3,6-7,10-13H,4-5,8-9H2,(H3,22,23,24,27). The topological polar surface area (TPSA) is 96.5 Å². The Morgan fingerprint density at radius 1 is 0.963 bits per heavy atom. The number of halogens is 1. The molecule has 0 radical (unpaired) electrons. The molecule has 0 saturated heterocycles. The molecule has 0 spiro atoms. The van der Waals surface area contributed by atoms with Crippen molar-refractivity contribution in [2.45, 2.75) is 25.7 Å². The molecule has 0 aliphatic carbocycles. The number of hydrogen-bond acceptors (Lipinski definition) is 5. The monoisotopic (exact) mass is 381 g/mol. The van der Waals surface area contributed by atoms with E-state index in [-0.39, 0.29) is 11.6 Å². The van der Waals surface area contributed by atoms with Crippen LogP contribution < -0.4 is 11.3 Å². The fourth-order valence-corrected chi connectivity index (χ4v) is 2.82. The van der Waals surface area contributed by atoms with Crippen molar-refractivity contribution in [1.29, 1.82) is 0 Å². The first kappa shape index (κ1) is 18.8. The van der Waals surface area contributed by atoms with Crippen LogP contribution in [0.3, 0.4) is 0 Å². The summed E-state index contributed by atoms with van der Waals surface area (Å²) in [7, 11) is 0. The Balaban J connectivity index is 1.70. The molecular formula is C20H20ClN5O. The normalized spacial score (nSPS) is 11.1. The third-order valence-corrected chi connectivity index (χ3v) is 4.30. The Morgan fingerprint density at radius 3 is 2.41 bits per heavy atom. The summed E-state index contributed by atoms with van der Waals surface area (Å²) in [6.45, 7) is 0. The van der Waals surface area contributed by atoms with Gasteiger partial charge in [0.25, 0.3) is 5.56 Å². The number of rotatable bonds is 7. The van der Waals surface area contributed by atoms with Crippen molar-refractivity contribution >= 4 is 28.9 Å². The molecule has 0 aliphatic heterocycles. The third kappa shape index (κ3) is 5.49. The molecule has 0 atom stereocenters. The van der Waals surface area contributed by atoms with Gasteiger partial charge in [-0.2, -0.15) is 5.11 Å². The first-order valence-electron chi connectivity index (χ1n) is 8.72. The van der Waals surface area contributed by atoms with Gasteiger partial charge in [-0.1, -0.05) is 41.9 Å². The fraction of sp³-hybridized carbons (Fsp3) is 0.200. The van der Waals surface area contributed by atoms with Gasteiger partial charge in [-0.15, -0.1) is 5.11 Å². The average molecular weight is 382 g/mol. The van der Waals surface area contributed by atoms with E-state index in [4.69, 9.17) is 17.3 Å². The van der Waals surface area contributed by atoms with Crippen LogP contribution in [0, 0.1) is 0 Å². The van der Waals surface area contributed by atoms with Gasteiger partial charge in [0.2, 0.25) is 5.95 Å². The number of nitrogens with one attached hydrogen (secondary N) is 1. The van der Waals surface area contributed by atoms with Gasteiger partial charge >= 0.3 is 0 Å². The van der Waals surface area contributed by atoms with Crippen LogP contribution in [0.2, 0.25) is 5.02 Å². The van der Waals surface area contributed by atoms with Crippen LogP contribution in [-0.2, 0) is 12.8 Å². The highest BCUT2D eigenvalue weighted by Gasteiger charge is 2.10. The Bertz CT molecular complexity index is 968. The number of azo groups is 1. The van der Waals surface area contributed by atoms with E-state index in [9.17, 15) is 4.79 Å². The summed E-state index contributed by atoms with van der Waals surface area (Å²) >= 11 is 5.86. The van der Waals surface area contributed by atoms with E-state index < -0.39 is 5.56 Å². The average Bonchev–Trinajstić information content (AvgIpc) is 2.66. The SMILES string of the molecule is Nc1nc(CCCCc2ccccc2)c(N=Nc2ccc(Cl)cc2)c(=O)[nH]1. The second kappa shape index (κ2) is 9.09. The highest BCUT2D eigenvalue weighted by molar-refractivity contribution is 6.30. The molecule has 27 heavy (non-hydrogen) atoms. The Hall–Kier alpha value is -2.99. The number of nitrogens with zero attached hydrogens (tertiary/aromatic N) is 3. The fourth-order valence-electron chi connectivity index (χ4n) is 2.69. The lowest BCUT2D eigenvalue weighted by Gasteiger charge is -2.05. The van der Waals surface area contributed by atoms with Crippen molar-refractivity contribution in [3.05, 3.63) is 81.2 Å². The van der Waals surface area contributed by atoms with Gasteiger partial charge in [0.1, 0.15) is 0 Å². The number of unbranched alkanes of at least 4 members (excludes halogenated alkanes) is 1. The number of aromatic amines is 1. The molecule has 3 rings (SSSR count). The quantitative estimate of drug-likeness (QED) is 0.445. The number of nitrogens with two attached hydrogens (primary N) is 1. The molecular weight excluding hydrogens is 362 g/mol. The van der Waals surface area contributed by atoms with E-state index >= 15 is 0 Å². The molecule has 1 aromatic heterocycles. The molecule has 0 amide bonds. The van der Waals surface area contributed by atoms with Crippen LogP contribution >= 0.6 is 11.6 Å². The zero-order valence-electron chi connectivity index (χ0n) is 14.7. The van der Waals surface area contributed by atoms with E-state index in [0.717, 1.165) is 19.3 Å². The molecule has 0 saturated carbocycles. The Labute approximate surface area is 162 Å². The molecule has 0 unspecified atom stereocenters. The Morgan fingerprint density at radius 2 is 1.67 bits per heavy atom. The van der Waals surface area contributed by atoms with Gasteiger partial charge in [-0.3, -0.25) is 9.78 Å². The van der Waals surface area contributed by atoms with Crippen LogP contribution in [0.15, 0.2) is 69.6 Å². The second-order valence-electron chi connectivity index (χ2n) is 6.12. The Kier molecular flexibility index (Phi) is 6.33. The summed E-state index contributed by atoms with van der Waals surface area (Å²) in [6.07, 6.45) is 3.43. The minimum Gasteiger partial charge on any atom is -0.369 e. The lowest BCUT2D eigenvalue weighted by Crippen LogP contribution is -2.13. The van der Waals surface area contributed by atoms with Crippen molar-refractivity contribution in [2.75, 3.05) is 5.73 Å². The molecule has 7 heteroatoms. The molecule has 2 aromatic carbocycles. The number of nitrogen functional groups attached to an aromatic ring is 1. The molecule has 1 heterocycles. The van der Waals surface area contributed by atoms with Crippen LogP contribution in [0.4, 0.5) is 17.3 Å². The first-order chi connectivity index (χ1) is 13.1. The second-order valence-corrected chi connectivity index (χ2v) is 6.55. The summed E-state index contributed by atoms with van der Waals surface area (Å²) < 4.78 is 0. The third-order valence-electron chi connectivity index (χ3n) is 4.05. The summed E-state index contributed by atoms with van der Waals surface area (Å²) in [5.74, 6) is 0.0866. The summed E-state index contributed by atoms with van der Waals surface area (Å²) in [4.78, 5) is 19.0. The maximum Gasteiger partial charge on any atom is 0.280 e. The van der Waals surface area contributed by atoms with Gasteiger partial charge in [0.05, 0.1) is 11.4 Å². The van der Waals surface area contributed by atoms with Crippen LogP contribution in [0.25, 0.3) is 0 Å². The van der Waals surface area contributed by atoms with Gasteiger partial charge in [-0.25, -0.2) is 4.98 Å². The molecule has 138 valence electrons. The summed E-state index contributed by atoms with van der Waals surface area (Å²) in [5, 5.41) is 8.83. The van der Waals surface area contributed by atoms with Crippen LogP contribution in [-0.4, -0.2) is 9.97 Å². The lowest BCUT2D eigenvalue weighted by molar-refractivity contribution is 0.720. The van der Waals surface area contributed by atoms with Crippen molar-refractivity contribution < 1.29 is 0 Å². The molecule has 3 N–H and O–H groups in total. The first-order valence-corrected chi connectivity index (χ1v) is 9.09. The lowest BCUT2D eigenvalue weighted by atomic mass is 10.1. The number of benzene rings is 2. The minimum absolute atomic E-state index is 0.0866. The van der Waals surface area contributed by atoms with Crippen LogP contribution in [0.1, 0.15) is 24.1 Å². The predicted molar refractivity (Wildman–Crippen MR) is 108 cm³/mol. The number of aryl methyl sites for hydroxylation is 2. The molecule has 0 fully saturated rings. The molecule has 6 nitrogen and oxygen atoms in total. The van der Waals surface area contributed by atoms with Gasteiger partial charge in [-0.05, 0) is 55.5 Å². The maximum atomic E-state index is 12.2. The maximum absolute atomic E-state index is 12.2. The smallest absolute Gasteiger partial charge is 0.280 e. The highest BCUT2D eigenvalue weighted by atomic mass is 35.5. The number of aromatic nitrogens is 2. The van der Waals surface area contributed by atoms with Crippen molar-refractivity contribution in [3.63, 3.8) is 0 Å². The van der Waals surface area contributed by atoms with Crippen molar-refractivity contribution in [2.24, 2.45) is 10.2 Å². The van der Waals surface area contributed by atoms with E-state index in [0.29, 0.717) is 22.8 Å². The predicted octanol–water partition coefficient (Wildman–Crippen LogP) is 4.99. The van der Waals surface area contributed by atoms with Gasteiger partial charge in [0, 0.05) is 5.02 Å². The zero-order valence-corrected chi connectivity index (χ0v) is 15.5. The van der Waals surface area contributed by atoms with E-state index in [1.807, 2.05) is 18.2 Å². The molecule has 3 aromatic rings. The number of hydrogen-bond donors (Lipinski definition) is 2. The summed E-state index contributed by atoms with van der Waals surface area (Å²) in [5.41, 5.74) is 7.95. The van der Waals surface area contributed by atoms with E-state index in [2.05, 4.69) is 32.3 Å².